The highest BCUT2D eigenvalue weighted by Gasteiger charge is 2.22. The Balaban J connectivity index is 1.93. The maximum absolute atomic E-state index is 12.3. The second kappa shape index (κ2) is 7.34. The summed E-state index contributed by atoms with van der Waals surface area (Å²) in [5.41, 5.74) is 8.59. The smallest absolute Gasteiger partial charge is 0.0477 e. The van der Waals surface area contributed by atoms with E-state index in [9.17, 15) is 4.21 Å². The van der Waals surface area contributed by atoms with E-state index in [1.54, 1.807) is 0 Å². The summed E-state index contributed by atoms with van der Waals surface area (Å²) in [7, 11) is -0.856. The molecular formula is C16H25NO2S. The largest absolute Gasteiger partial charge is 0.381 e. The zero-order chi connectivity index (χ0) is 14.5. The van der Waals surface area contributed by atoms with Crippen LogP contribution in [0.15, 0.2) is 24.3 Å². The minimum absolute atomic E-state index is 0.139. The second-order valence-electron chi connectivity index (χ2n) is 5.79. The van der Waals surface area contributed by atoms with E-state index in [1.165, 1.54) is 5.56 Å². The number of benzene rings is 1. The number of rotatable bonds is 5. The van der Waals surface area contributed by atoms with Crippen LogP contribution >= 0.6 is 0 Å². The third-order valence-electron chi connectivity index (χ3n) is 3.92. The molecule has 1 heterocycles. The molecule has 1 aromatic rings. The maximum Gasteiger partial charge on any atom is 0.0477 e. The summed E-state index contributed by atoms with van der Waals surface area (Å²) in [5.74, 6) is 1.07. The van der Waals surface area contributed by atoms with Gasteiger partial charge in [-0.25, -0.2) is 0 Å². The van der Waals surface area contributed by atoms with Crippen LogP contribution < -0.4 is 5.73 Å². The predicted octanol–water partition coefficient (Wildman–Crippen LogP) is 2.74. The lowest BCUT2D eigenvalue weighted by Crippen LogP contribution is -2.30. The lowest BCUT2D eigenvalue weighted by Gasteiger charge is -2.23. The molecule has 1 fully saturated rings. The summed E-state index contributed by atoms with van der Waals surface area (Å²) in [6.45, 7) is 5.81. The topological polar surface area (TPSA) is 52.3 Å². The van der Waals surface area contributed by atoms with E-state index >= 15 is 0 Å². The van der Waals surface area contributed by atoms with Crippen molar-refractivity contribution in [1.82, 2.24) is 0 Å². The van der Waals surface area contributed by atoms with E-state index in [0.717, 1.165) is 31.6 Å². The van der Waals surface area contributed by atoms with Gasteiger partial charge in [0.25, 0.3) is 0 Å². The summed E-state index contributed by atoms with van der Waals surface area (Å²) in [4.78, 5) is 0. The molecule has 1 aliphatic rings. The van der Waals surface area contributed by atoms with E-state index in [4.69, 9.17) is 10.5 Å². The number of hydrogen-bond acceptors (Lipinski definition) is 3. The molecule has 0 aliphatic carbocycles. The third kappa shape index (κ3) is 4.14. The highest BCUT2D eigenvalue weighted by Crippen LogP contribution is 2.20. The van der Waals surface area contributed by atoms with E-state index in [2.05, 4.69) is 38.1 Å². The molecule has 2 atom stereocenters. The molecule has 3 nitrogen and oxygen atoms in total. The Labute approximate surface area is 124 Å². The van der Waals surface area contributed by atoms with Crippen LogP contribution in [0.1, 0.15) is 49.8 Å². The third-order valence-corrected chi connectivity index (χ3v) is 5.82. The van der Waals surface area contributed by atoms with Gasteiger partial charge in [-0.15, -0.1) is 0 Å². The molecule has 1 saturated heterocycles. The van der Waals surface area contributed by atoms with Crippen LogP contribution in [-0.2, 0) is 15.5 Å². The Hall–Kier alpha value is -0.710. The highest BCUT2D eigenvalue weighted by atomic mass is 32.2. The van der Waals surface area contributed by atoms with Crippen molar-refractivity contribution in [3.8, 4) is 0 Å². The lowest BCUT2D eigenvalue weighted by molar-refractivity contribution is 0.0992. The Kier molecular flexibility index (Phi) is 5.75. The zero-order valence-corrected chi connectivity index (χ0v) is 13.2. The summed E-state index contributed by atoms with van der Waals surface area (Å²) in [5, 5.41) is 0.254. The van der Waals surface area contributed by atoms with Crippen molar-refractivity contribution in [2.24, 2.45) is 5.73 Å². The van der Waals surface area contributed by atoms with Gasteiger partial charge in [0.1, 0.15) is 0 Å². The van der Waals surface area contributed by atoms with Gasteiger partial charge >= 0.3 is 0 Å². The first kappa shape index (κ1) is 15.7. The van der Waals surface area contributed by atoms with Gasteiger partial charge in [-0.05, 0) is 29.9 Å². The molecule has 0 bridgehead atoms. The van der Waals surface area contributed by atoms with Gasteiger partial charge in [-0.2, -0.15) is 0 Å². The first-order valence-corrected chi connectivity index (χ1v) is 8.76. The standard InChI is InChI=1S/C16H25NO2S/c1-12(2)13-3-5-14(6-4-13)16(17)11-20(18)15-7-9-19-10-8-15/h3-6,12,15-16H,7-11,17H2,1-2H3. The molecule has 0 saturated carbocycles. The van der Waals surface area contributed by atoms with E-state index < -0.39 is 10.8 Å². The van der Waals surface area contributed by atoms with Crippen LogP contribution in [0.25, 0.3) is 0 Å². The van der Waals surface area contributed by atoms with Gasteiger partial charge in [0.2, 0.25) is 0 Å². The van der Waals surface area contributed by atoms with Gasteiger partial charge < -0.3 is 10.5 Å². The fourth-order valence-corrected chi connectivity index (χ4v) is 4.01. The van der Waals surface area contributed by atoms with Crippen molar-refractivity contribution in [2.45, 2.75) is 43.9 Å². The molecule has 1 aromatic carbocycles. The average Bonchev–Trinajstić information content (AvgIpc) is 2.48. The van der Waals surface area contributed by atoms with Crippen molar-refractivity contribution >= 4 is 10.8 Å². The zero-order valence-electron chi connectivity index (χ0n) is 12.4. The molecule has 0 amide bonds. The quantitative estimate of drug-likeness (QED) is 0.908. The normalized spacial score (nSPS) is 20.0. The number of ether oxygens (including phenoxy) is 1. The molecule has 4 heteroatoms. The first-order valence-electron chi connectivity index (χ1n) is 7.38. The molecule has 0 radical (unpaired) electrons. The maximum atomic E-state index is 12.3. The SMILES string of the molecule is CC(C)c1ccc(C(N)CS(=O)C2CCOCC2)cc1. The number of nitrogens with two attached hydrogens (primary N) is 1. The Morgan fingerprint density at radius 1 is 1.20 bits per heavy atom. The fourth-order valence-electron chi connectivity index (χ4n) is 2.48. The van der Waals surface area contributed by atoms with Crippen LogP contribution in [0.3, 0.4) is 0 Å². The minimum Gasteiger partial charge on any atom is -0.381 e. The molecule has 1 aliphatic heterocycles. The summed E-state index contributed by atoms with van der Waals surface area (Å²) < 4.78 is 17.6. The van der Waals surface area contributed by atoms with E-state index in [0.29, 0.717) is 11.7 Å². The molecule has 112 valence electrons. The Morgan fingerprint density at radius 2 is 1.75 bits per heavy atom. The minimum atomic E-state index is -0.856. The van der Waals surface area contributed by atoms with E-state index in [1.807, 2.05) is 0 Å². The predicted molar refractivity (Wildman–Crippen MR) is 84.3 cm³/mol. The van der Waals surface area contributed by atoms with Crippen molar-refractivity contribution in [1.29, 1.82) is 0 Å². The molecular weight excluding hydrogens is 270 g/mol. The Morgan fingerprint density at radius 3 is 2.30 bits per heavy atom. The summed E-state index contributed by atoms with van der Waals surface area (Å²) >= 11 is 0. The second-order valence-corrected chi connectivity index (χ2v) is 7.55. The van der Waals surface area contributed by atoms with Gasteiger partial charge in [-0.1, -0.05) is 38.1 Å². The van der Waals surface area contributed by atoms with Crippen LogP contribution in [0.5, 0.6) is 0 Å². The highest BCUT2D eigenvalue weighted by molar-refractivity contribution is 7.85. The molecule has 0 spiro atoms. The van der Waals surface area contributed by atoms with Gasteiger partial charge in [-0.3, -0.25) is 4.21 Å². The summed E-state index contributed by atoms with van der Waals surface area (Å²) in [6, 6.07) is 8.25. The monoisotopic (exact) mass is 295 g/mol. The molecule has 2 rings (SSSR count). The van der Waals surface area contributed by atoms with Crippen LogP contribution in [0, 0.1) is 0 Å². The van der Waals surface area contributed by atoms with Crippen LogP contribution in [0.4, 0.5) is 0 Å². The van der Waals surface area contributed by atoms with Crippen molar-refractivity contribution in [2.75, 3.05) is 19.0 Å². The average molecular weight is 295 g/mol. The van der Waals surface area contributed by atoms with Gasteiger partial charge in [0.05, 0.1) is 0 Å². The fraction of sp³-hybridized carbons (Fsp3) is 0.625. The van der Waals surface area contributed by atoms with Crippen molar-refractivity contribution in [3.05, 3.63) is 35.4 Å². The summed E-state index contributed by atoms with van der Waals surface area (Å²) in [6.07, 6.45) is 1.79. The van der Waals surface area contributed by atoms with Crippen LogP contribution in [-0.4, -0.2) is 28.4 Å². The first-order chi connectivity index (χ1) is 9.58. The lowest BCUT2D eigenvalue weighted by atomic mass is 10.00. The van der Waals surface area contributed by atoms with Gasteiger partial charge in [0, 0.05) is 41.1 Å². The number of hydrogen-bond donors (Lipinski definition) is 1. The van der Waals surface area contributed by atoms with Crippen molar-refractivity contribution < 1.29 is 8.95 Å². The Bertz CT molecular complexity index is 438. The van der Waals surface area contributed by atoms with Crippen molar-refractivity contribution in [3.63, 3.8) is 0 Å². The molecule has 0 aromatic heterocycles. The molecule has 2 N–H and O–H groups in total. The molecule has 20 heavy (non-hydrogen) atoms. The van der Waals surface area contributed by atoms with E-state index in [-0.39, 0.29) is 11.3 Å². The van der Waals surface area contributed by atoms with Crippen LogP contribution in [0.2, 0.25) is 0 Å². The molecule has 2 unspecified atom stereocenters. The van der Waals surface area contributed by atoms with Gasteiger partial charge in [0.15, 0.2) is 0 Å².